The number of nitrogens with one attached hydrogen (secondary N) is 2. The zero-order chi connectivity index (χ0) is 23.9. The highest BCUT2D eigenvalue weighted by Crippen LogP contribution is 2.36. The maximum Gasteiger partial charge on any atom is 0.252 e. The zero-order valence-corrected chi connectivity index (χ0v) is 22.0. The van der Waals surface area contributed by atoms with Crippen molar-refractivity contribution in [2.24, 2.45) is 0 Å². The van der Waals surface area contributed by atoms with Crippen LogP contribution in [-0.4, -0.2) is 67.4 Å². The van der Waals surface area contributed by atoms with Crippen molar-refractivity contribution in [3.8, 4) is 11.5 Å². The number of amides is 1. The minimum Gasteiger partial charge on any atom is -0.486 e. The molecule has 1 amide bonds. The summed E-state index contributed by atoms with van der Waals surface area (Å²) in [5, 5.41) is 6.64. The van der Waals surface area contributed by atoms with Crippen molar-refractivity contribution < 1.29 is 18.7 Å². The smallest absolute Gasteiger partial charge is 0.252 e. The number of likely N-dealkylation sites (tertiary alicyclic amines) is 1. The Kier molecular flexibility index (Phi) is 8.52. The molecule has 1 unspecified atom stereocenters. The van der Waals surface area contributed by atoms with Crippen LogP contribution in [0.1, 0.15) is 30.9 Å². The number of nitrogens with zero attached hydrogens (tertiary/aromatic N) is 3. The highest BCUT2D eigenvalue weighted by atomic mass is 35.5. The van der Waals surface area contributed by atoms with E-state index in [1.54, 1.807) is 27.7 Å². The van der Waals surface area contributed by atoms with Gasteiger partial charge >= 0.3 is 0 Å². The van der Waals surface area contributed by atoms with Crippen molar-refractivity contribution in [3.63, 3.8) is 0 Å². The lowest BCUT2D eigenvalue weighted by Gasteiger charge is -2.42. The van der Waals surface area contributed by atoms with Gasteiger partial charge in [-0.2, -0.15) is 0 Å². The van der Waals surface area contributed by atoms with Crippen molar-refractivity contribution in [1.82, 2.24) is 14.8 Å². The number of benzene rings is 1. The fraction of sp³-hybridized carbons (Fsp3) is 0.520. The van der Waals surface area contributed by atoms with Gasteiger partial charge < -0.3 is 25.0 Å². The van der Waals surface area contributed by atoms with Crippen LogP contribution in [0.5, 0.6) is 11.5 Å². The number of rotatable bonds is 5. The normalized spacial score (nSPS) is 20.8. The van der Waals surface area contributed by atoms with E-state index in [1.165, 1.54) is 6.07 Å². The quantitative estimate of drug-likeness (QED) is 0.586. The first-order valence-corrected chi connectivity index (χ1v) is 12.4. The largest absolute Gasteiger partial charge is 0.486 e. The van der Waals surface area contributed by atoms with Crippen LogP contribution in [0.2, 0.25) is 0 Å². The molecule has 2 aromatic rings. The molecule has 0 aliphatic carbocycles. The molecule has 1 aromatic carbocycles. The number of hydrogen-bond acceptors (Lipinski definition) is 7. The van der Waals surface area contributed by atoms with Gasteiger partial charge in [-0.1, -0.05) is 0 Å². The van der Waals surface area contributed by atoms with Gasteiger partial charge in [-0.05, 0) is 44.5 Å². The topological polar surface area (TPSA) is 88.1 Å². The first kappa shape index (κ1) is 27.5. The molecule has 0 radical (unpaired) electrons. The standard InChI is InChI=1S/C25H30FN5O4.2ClH/c26-19-12-22-21(34-9-10-35-22)11-16(19)13-27-17-3-6-29(7-4-17)15-18-5-8-30-24(33)14-28-20-1-2-23(32)31(18)25(20)30;;/h1-2,11-12,17-18,27-28H,3-10,13-15H2;2*1H. The Bertz CT molecular complexity index is 1200. The fourth-order valence-electron chi connectivity index (χ4n) is 5.62. The van der Waals surface area contributed by atoms with E-state index in [0.717, 1.165) is 44.6 Å². The SMILES string of the molecule is Cl.Cl.O=C1CNc2ccc(=O)n3c2N1CCC3CN1CCC(NCc2cc3c(cc2F)OCCO3)CC1. The molecule has 2 N–H and O–H groups in total. The number of carbonyl (C=O) groups excluding carboxylic acids is 1. The molecular formula is C25H32Cl2FN5O4. The summed E-state index contributed by atoms with van der Waals surface area (Å²) >= 11 is 0. The van der Waals surface area contributed by atoms with E-state index in [-0.39, 0.29) is 54.7 Å². The minimum atomic E-state index is -0.282. The van der Waals surface area contributed by atoms with Gasteiger partial charge in [0.25, 0.3) is 5.56 Å². The molecule has 0 spiro atoms. The summed E-state index contributed by atoms with van der Waals surface area (Å²) in [5.41, 5.74) is 1.37. The molecule has 12 heteroatoms. The van der Waals surface area contributed by atoms with Crippen LogP contribution in [-0.2, 0) is 11.3 Å². The van der Waals surface area contributed by atoms with Crippen molar-refractivity contribution in [2.45, 2.75) is 37.9 Å². The number of fused-ring (bicyclic) bond motifs is 1. The summed E-state index contributed by atoms with van der Waals surface area (Å²) in [6.07, 6.45) is 2.67. The Morgan fingerprint density at radius 2 is 1.73 bits per heavy atom. The van der Waals surface area contributed by atoms with E-state index in [1.807, 2.05) is 0 Å². The van der Waals surface area contributed by atoms with Crippen LogP contribution in [0.25, 0.3) is 0 Å². The Balaban J connectivity index is 0.00000160. The number of aromatic nitrogens is 1. The maximum atomic E-state index is 14.5. The van der Waals surface area contributed by atoms with E-state index in [4.69, 9.17) is 9.47 Å². The van der Waals surface area contributed by atoms with Crippen LogP contribution in [0, 0.1) is 5.82 Å². The fourth-order valence-corrected chi connectivity index (χ4v) is 5.62. The number of piperidine rings is 1. The summed E-state index contributed by atoms with van der Waals surface area (Å²) in [7, 11) is 0. The van der Waals surface area contributed by atoms with Crippen molar-refractivity contribution in [1.29, 1.82) is 0 Å². The number of ether oxygens (including phenoxy) is 2. The van der Waals surface area contributed by atoms with E-state index in [2.05, 4.69) is 15.5 Å². The second-order valence-electron chi connectivity index (χ2n) is 9.66. The first-order valence-electron chi connectivity index (χ1n) is 12.4. The molecule has 9 nitrogen and oxygen atoms in total. The maximum absolute atomic E-state index is 14.5. The van der Waals surface area contributed by atoms with E-state index in [9.17, 15) is 14.0 Å². The average molecular weight is 556 g/mol. The van der Waals surface area contributed by atoms with Gasteiger partial charge in [-0.25, -0.2) is 4.39 Å². The van der Waals surface area contributed by atoms with Crippen LogP contribution in [0.4, 0.5) is 15.9 Å². The lowest BCUT2D eigenvalue weighted by atomic mass is 10.0. The number of anilines is 2. The van der Waals surface area contributed by atoms with Crippen LogP contribution < -0.4 is 30.6 Å². The lowest BCUT2D eigenvalue weighted by molar-refractivity contribution is -0.117. The third-order valence-electron chi connectivity index (χ3n) is 7.49. The van der Waals surface area contributed by atoms with Crippen molar-refractivity contribution >= 4 is 42.2 Å². The predicted molar refractivity (Wildman–Crippen MR) is 143 cm³/mol. The van der Waals surface area contributed by atoms with E-state index < -0.39 is 0 Å². The summed E-state index contributed by atoms with van der Waals surface area (Å²) in [5.74, 6) is 1.51. The van der Waals surface area contributed by atoms with Crippen LogP contribution >= 0.6 is 24.8 Å². The monoisotopic (exact) mass is 555 g/mol. The summed E-state index contributed by atoms with van der Waals surface area (Å²) < 4.78 is 27.3. The van der Waals surface area contributed by atoms with Crippen molar-refractivity contribution in [2.75, 3.05) is 56.2 Å². The highest BCUT2D eigenvalue weighted by Gasteiger charge is 2.35. The molecule has 1 saturated heterocycles. The van der Waals surface area contributed by atoms with Gasteiger partial charge in [0.15, 0.2) is 11.5 Å². The van der Waals surface area contributed by atoms with Gasteiger partial charge in [0, 0.05) is 43.4 Å². The van der Waals surface area contributed by atoms with Gasteiger partial charge in [-0.15, -0.1) is 24.8 Å². The van der Waals surface area contributed by atoms with E-state index >= 15 is 0 Å². The molecule has 1 fully saturated rings. The predicted octanol–water partition coefficient (Wildman–Crippen LogP) is 2.56. The van der Waals surface area contributed by atoms with Gasteiger partial charge in [0.1, 0.15) is 24.8 Å². The molecule has 4 aliphatic rings. The second-order valence-corrected chi connectivity index (χ2v) is 9.66. The molecule has 4 aliphatic heterocycles. The van der Waals surface area contributed by atoms with Crippen LogP contribution in [0.15, 0.2) is 29.1 Å². The van der Waals surface area contributed by atoms with Gasteiger partial charge in [0.05, 0.1) is 18.3 Å². The Hall–Kier alpha value is -2.53. The molecule has 37 heavy (non-hydrogen) atoms. The van der Waals surface area contributed by atoms with Crippen LogP contribution in [0.3, 0.4) is 0 Å². The number of carbonyl (C=O) groups is 1. The van der Waals surface area contributed by atoms with Gasteiger partial charge in [0.2, 0.25) is 5.91 Å². The first-order chi connectivity index (χ1) is 17.1. The molecule has 1 aromatic heterocycles. The highest BCUT2D eigenvalue weighted by molar-refractivity contribution is 6.01. The van der Waals surface area contributed by atoms with E-state index in [0.29, 0.717) is 55.2 Å². The summed E-state index contributed by atoms with van der Waals surface area (Å²) in [6, 6.07) is 6.85. The Labute approximate surface area is 227 Å². The number of pyridine rings is 1. The average Bonchev–Trinajstić information content (AvgIpc) is 2.87. The number of hydrogen-bond donors (Lipinski definition) is 2. The molecule has 0 saturated carbocycles. The molecule has 202 valence electrons. The Morgan fingerprint density at radius 1 is 1.00 bits per heavy atom. The summed E-state index contributed by atoms with van der Waals surface area (Å²) in [6.45, 7) is 4.87. The lowest BCUT2D eigenvalue weighted by Crippen LogP contribution is -2.51. The summed E-state index contributed by atoms with van der Waals surface area (Å²) in [4.78, 5) is 29.3. The third kappa shape index (κ3) is 5.38. The molecule has 6 rings (SSSR count). The molecule has 5 heterocycles. The zero-order valence-electron chi connectivity index (χ0n) is 20.4. The second kappa shape index (κ2) is 11.5. The third-order valence-corrected chi connectivity index (χ3v) is 7.49. The molecule has 1 atom stereocenters. The molecule has 0 bridgehead atoms. The minimum absolute atomic E-state index is 0. The van der Waals surface area contributed by atoms with Gasteiger partial charge in [-0.3, -0.25) is 19.1 Å². The Morgan fingerprint density at radius 3 is 2.49 bits per heavy atom. The van der Waals surface area contributed by atoms with Crippen molar-refractivity contribution in [3.05, 3.63) is 46.0 Å². The molecular weight excluding hydrogens is 524 g/mol. The number of halogens is 3.